The number of aromatic amines is 2. The van der Waals surface area contributed by atoms with E-state index in [1.54, 1.807) is 0 Å². The Balaban J connectivity index is 0.00000555. The predicted molar refractivity (Wildman–Crippen MR) is 375 cm³/mol. The second-order valence-electron chi connectivity index (χ2n) is 24.4. The smallest absolute Gasteiger partial charge is 0.0737 e. The number of benzene rings is 16. The van der Waals surface area contributed by atoms with Gasteiger partial charge in [-0.2, -0.15) is 0 Å². The minimum absolute atomic E-state index is 0. The molecule has 3 aromatic heterocycles. The van der Waals surface area contributed by atoms with Crippen molar-refractivity contribution in [3.05, 3.63) is 265 Å². The van der Waals surface area contributed by atoms with Gasteiger partial charge in [0, 0.05) is 61.1 Å². The first-order chi connectivity index (χ1) is 43.6. The van der Waals surface area contributed by atoms with Crippen LogP contribution in [0.25, 0.3) is 220 Å². The van der Waals surface area contributed by atoms with Crippen LogP contribution in [0.5, 0.6) is 0 Å². The molecular weight excluding hydrogens is 1120 g/mol. The van der Waals surface area contributed by atoms with Crippen LogP contribution in [0.3, 0.4) is 0 Å². The third-order valence-electron chi connectivity index (χ3n) is 19.9. The summed E-state index contributed by atoms with van der Waals surface area (Å²) < 4.78 is 0. The van der Waals surface area contributed by atoms with Crippen molar-refractivity contribution in [1.29, 1.82) is 0 Å². The zero-order valence-corrected chi connectivity index (χ0v) is 48.7. The maximum absolute atomic E-state index is 5.94. The summed E-state index contributed by atoms with van der Waals surface area (Å²) in [6.07, 6.45) is 9.00. The van der Waals surface area contributed by atoms with Crippen molar-refractivity contribution >= 4 is 176 Å². The number of hydrogen-bond donors (Lipinski definition) is 2. The molecule has 21 rings (SSSR count). The van der Waals surface area contributed by atoms with Crippen LogP contribution in [0.1, 0.15) is 22.8 Å². The van der Waals surface area contributed by atoms with Gasteiger partial charge in [-0.3, -0.25) is 0 Å². The average molecular weight is 1170 g/mol. The topological polar surface area (TPSA) is 57.4 Å². The van der Waals surface area contributed by atoms with E-state index in [0.29, 0.717) is 0 Å². The summed E-state index contributed by atoms with van der Waals surface area (Å²) in [5.74, 6) is 0. The van der Waals surface area contributed by atoms with Crippen molar-refractivity contribution in [2.75, 3.05) is 0 Å². The molecule has 0 spiro atoms. The maximum atomic E-state index is 5.94. The zero-order valence-electron chi connectivity index (χ0n) is 47.6. The summed E-state index contributed by atoms with van der Waals surface area (Å²) in [6.45, 7) is 0. The standard InChI is InChI=1S/C84H46N4.Co/c1-5-45-13-17-53-25-33-61(57-29-21-49(9-1)73(45)77(53)57)81-65-37-39-67(85-65)82(62-34-26-54-18-14-46-6-2-10-50-22-30-58(62)78(54)74(46)50)69-41-43-71(87-69)84(64-36-28-56-20-16-48-8-4-12-52-24-32-60(64)80(56)76(48)52)72-44-42-70(88-72)83(68-40-38-66(81)86-68)63-35-27-55-19-15-47-7-3-11-51-23-31-59(63)79(55)75(47)51;/h1-44,85,88H;. The molecule has 4 nitrogen and oxygen atoms in total. The molecule has 1 radical (unpaired) electrons. The van der Waals surface area contributed by atoms with Crippen molar-refractivity contribution < 1.29 is 16.8 Å². The van der Waals surface area contributed by atoms with Gasteiger partial charge in [-0.25, -0.2) is 9.97 Å². The quantitative estimate of drug-likeness (QED) is 0.173. The van der Waals surface area contributed by atoms with Crippen molar-refractivity contribution in [3.8, 4) is 44.5 Å². The first-order valence-electron chi connectivity index (χ1n) is 30.4. The molecule has 2 aliphatic heterocycles. The van der Waals surface area contributed by atoms with Gasteiger partial charge in [0.25, 0.3) is 0 Å². The number of nitrogens with one attached hydrogen (secondary N) is 2. The number of hydrogen-bond acceptors (Lipinski definition) is 2. The molecule has 2 N–H and O–H groups in total. The van der Waals surface area contributed by atoms with Gasteiger partial charge in [0.05, 0.1) is 22.8 Å². The van der Waals surface area contributed by atoms with Crippen LogP contribution in [0.2, 0.25) is 0 Å². The molecule has 16 aromatic carbocycles. The van der Waals surface area contributed by atoms with Gasteiger partial charge in [0.2, 0.25) is 0 Å². The second-order valence-corrected chi connectivity index (χ2v) is 24.4. The average Bonchev–Trinajstić information content (AvgIpc) is 2.43. The fraction of sp³-hybridized carbons (Fsp3) is 0. The Morgan fingerprint density at radius 2 is 0.382 bits per heavy atom. The molecule has 5 heteroatoms. The first kappa shape index (κ1) is 49.0. The number of nitrogens with zero attached hydrogens (tertiary/aromatic N) is 2. The van der Waals surface area contributed by atoms with E-state index in [1.807, 2.05) is 0 Å². The van der Waals surface area contributed by atoms with Crippen molar-refractivity contribution in [2.45, 2.75) is 0 Å². The van der Waals surface area contributed by atoms with E-state index in [4.69, 9.17) is 9.97 Å². The van der Waals surface area contributed by atoms with Crippen LogP contribution >= 0.6 is 0 Å². The number of fused-ring (bicyclic) bond motifs is 8. The largest absolute Gasteiger partial charge is 0.354 e. The molecule has 19 aromatic rings. The minimum atomic E-state index is 0. The van der Waals surface area contributed by atoms with Crippen molar-refractivity contribution in [1.82, 2.24) is 19.9 Å². The zero-order chi connectivity index (χ0) is 57.0. The Kier molecular flexibility index (Phi) is 9.87. The summed E-state index contributed by atoms with van der Waals surface area (Å²) in [5.41, 5.74) is 16.0. The first-order valence-corrected chi connectivity index (χ1v) is 30.4. The molecule has 0 atom stereocenters. The van der Waals surface area contributed by atoms with Gasteiger partial charge >= 0.3 is 0 Å². The SMILES string of the molecule is C1=Cc2nc1c(-c1ccc3ccc4cccc5ccc1c3c45)c1ccc([nH]1)c(-c1ccc3ccc4cccc5ccc1c3c45)c1nc(c(-c3ccc4ccc5cccc6ccc3c4c56)c3ccc([nH]3)c2-c2ccc3ccc4cccc5ccc2c3c45)C=C1.[Co]. The fourth-order valence-electron chi connectivity index (χ4n) is 16.2. The molecule has 0 aliphatic carbocycles. The molecule has 0 saturated heterocycles. The number of rotatable bonds is 4. The van der Waals surface area contributed by atoms with E-state index in [1.165, 1.54) is 129 Å². The van der Waals surface area contributed by atoms with Crippen LogP contribution in [-0.4, -0.2) is 19.9 Å². The fourth-order valence-corrected chi connectivity index (χ4v) is 16.2. The summed E-state index contributed by atoms with van der Waals surface area (Å²) in [6, 6.07) is 90.8. The van der Waals surface area contributed by atoms with E-state index in [9.17, 15) is 0 Å². The van der Waals surface area contributed by atoms with E-state index in [-0.39, 0.29) is 16.8 Å². The summed E-state index contributed by atoms with van der Waals surface area (Å²) >= 11 is 0. The number of H-pyrrole nitrogens is 2. The third-order valence-corrected chi connectivity index (χ3v) is 19.9. The van der Waals surface area contributed by atoms with E-state index >= 15 is 0 Å². The van der Waals surface area contributed by atoms with Crippen molar-refractivity contribution in [3.63, 3.8) is 0 Å². The van der Waals surface area contributed by atoms with Crippen molar-refractivity contribution in [2.24, 2.45) is 0 Å². The molecule has 0 amide bonds. The number of aromatic nitrogens is 4. The molecule has 0 saturated carbocycles. The maximum Gasteiger partial charge on any atom is 0.0737 e. The molecule has 89 heavy (non-hydrogen) atoms. The predicted octanol–water partition coefficient (Wildman–Crippen LogP) is 22.9. The molecule has 0 unspecified atom stereocenters. The molecular formula is C84H46CoN4. The second kappa shape index (κ2) is 17.9. The summed E-state index contributed by atoms with van der Waals surface area (Å²) in [5, 5.41) is 29.7. The Hall–Kier alpha value is -11.2. The molecule has 5 heterocycles. The molecule has 8 bridgehead atoms. The van der Waals surface area contributed by atoms with Gasteiger partial charge in [-0.05, 0) is 200 Å². The summed E-state index contributed by atoms with van der Waals surface area (Å²) in [7, 11) is 0. The molecule has 0 fully saturated rings. The minimum Gasteiger partial charge on any atom is -0.354 e. The Bertz CT molecular complexity index is 5710. The van der Waals surface area contributed by atoms with Gasteiger partial charge in [0.1, 0.15) is 0 Å². The third kappa shape index (κ3) is 6.72. The van der Waals surface area contributed by atoms with E-state index in [2.05, 4.69) is 277 Å². The Morgan fingerprint density at radius 1 is 0.191 bits per heavy atom. The molecule has 2 aliphatic rings. The van der Waals surface area contributed by atoms with Crippen LogP contribution < -0.4 is 0 Å². The Morgan fingerprint density at radius 3 is 0.607 bits per heavy atom. The summed E-state index contributed by atoms with van der Waals surface area (Å²) in [4.78, 5) is 20.2. The van der Waals surface area contributed by atoms with Crippen LogP contribution in [-0.2, 0) is 16.8 Å². The van der Waals surface area contributed by atoms with Gasteiger partial charge in [-0.1, -0.05) is 218 Å². The molecule has 411 valence electrons. The Labute approximate surface area is 518 Å². The van der Waals surface area contributed by atoms with Crippen LogP contribution in [0.15, 0.2) is 243 Å². The van der Waals surface area contributed by atoms with Gasteiger partial charge < -0.3 is 9.97 Å². The van der Waals surface area contributed by atoms with Crippen LogP contribution in [0.4, 0.5) is 0 Å². The van der Waals surface area contributed by atoms with Crippen LogP contribution in [0, 0.1) is 0 Å². The van der Waals surface area contributed by atoms with Gasteiger partial charge in [-0.15, -0.1) is 0 Å². The van der Waals surface area contributed by atoms with Gasteiger partial charge in [0.15, 0.2) is 0 Å². The monoisotopic (exact) mass is 1170 g/mol. The van der Waals surface area contributed by atoms with E-state index < -0.39 is 0 Å². The normalized spacial score (nSPS) is 12.8. The van der Waals surface area contributed by atoms with E-state index in [0.717, 1.165) is 89.4 Å².